The van der Waals surface area contributed by atoms with Crippen molar-refractivity contribution in [3.05, 3.63) is 60.3 Å². The number of aromatic nitrogens is 2. The Morgan fingerprint density at radius 2 is 1.90 bits per heavy atom. The lowest BCUT2D eigenvalue weighted by atomic mass is 9.91. The van der Waals surface area contributed by atoms with Crippen LogP contribution in [0.4, 0.5) is 5.69 Å². The fraction of sp³-hybridized carbons (Fsp3) is 0.348. The predicted octanol–water partition coefficient (Wildman–Crippen LogP) is 2.29. The number of hydrogen-bond donors (Lipinski definition) is 2. The van der Waals surface area contributed by atoms with Crippen LogP contribution in [0.3, 0.4) is 0 Å². The number of hydrogen-bond acceptors (Lipinski definition) is 5. The molecule has 4 rings (SSSR count). The van der Waals surface area contributed by atoms with Crippen LogP contribution in [-0.4, -0.2) is 64.0 Å². The van der Waals surface area contributed by atoms with Crippen LogP contribution in [0.5, 0.6) is 0 Å². The summed E-state index contributed by atoms with van der Waals surface area (Å²) in [6.45, 7) is 1.28. The molecule has 1 aromatic heterocycles. The summed E-state index contributed by atoms with van der Waals surface area (Å²) in [4.78, 5) is 26.2. The fourth-order valence-corrected chi connectivity index (χ4v) is 3.93. The first-order chi connectivity index (χ1) is 15.0. The quantitative estimate of drug-likeness (QED) is 0.635. The van der Waals surface area contributed by atoms with E-state index in [-0.39, 0.29) is 18.4 Å². The maximum absolute atomic E-state index is 12.7. The van der Waals surface area contributed by atoms with Gasteiger partial charge >= 0.3 is 0 Å². The number of nitrogens with one attached hydrogen (secondary N) is 1. The minimum absolute atomic E-state index is 0.0105. The first kappa shape index (κ1) is 21.0. The van der Waals surface area contributed by atoms with Gasteiger partial charge in [-0.15, -0.1) is 0 Å². The van der Waals surface area contributed by atoms with E-state index < -0.39 is 5.60 Å². The highest BCUT2D eigenvalue weighted by atomic mass is 16.5. The standard InChI is InChI=1S/C23H26N4O4/c1-31-15-21(28)25-19-8-7-18-14-24-27(20(18)13-19)16-23(30)9-11-26(12-10-23)22(29)17-5-3-2-4-6-17/h2-8,13-14,30H,9-12,15-16H2,1H3,(H,25,28). The summed E-state index contributed by atoms with van der Waals surface area (Å²) in [7, 11) is 1.47. The smallest absolute Gasteiger partial charge is 0.253 e. The highest BCUT2D eigenvalue weighted by molar-refractivity contribution is 5.95. The van der Waals surface area contributed by atoms with Crippen LogP contribution >= 0.6 is 0 Å². The van der Waals surface area contributed by atoms with Gasteiger partial charge in [0.05, 0.1) is 23.9 Å². The van der Waals surface area contributed by atoms with Gasteiger partial charge < -0.3 is 20.1 Å². The Hall–Kier alpha value is -3.23. The first-order valence-electron chi connectivity index (χ1n) is 10.3. The number of likely N-dealkylation sites (tertiary alicyclic amines) is 1. The van der Waals surface area contributed by atoms with Crippen molar-refractivity contribution in [2.45, 2.75) is 25.0 Å². The Morgan fingerprint density at radius 3 is 2.61 bits per heavy atom. The van der Waals surface area contributed by atoms with Gasteiger partial charge in [-0.3, -0.25) is 14.3 Å². The van der Waals surface area contributed by atoms with Gasteiger partial charge in [-0.05, 0) is 43.2 Å². The lowest BCUT2D eigenvalue weighted by Gasteiger charge is -2.38. The van der Waals surface area contributed by atoms with Crippen LogP contribution in [0.15, 0.2) is 54.7 Å². The third-order valence-electron chi connectivity index (χ3n) is 5.65. The van der Waals surface area contributed by atoms with E-state index in [0.717, 1.165) is 10.9 Å². The summed E-state index contributed by atoms with van der Waals surface area (Å²) in [6.07, 6.45) is 2.68. The Morgan fingerprint density at radius 1 is 1.16 bits per heavy atom. The SMILES string of the molecule is COCC(=O)Nc1ccc2cnn(CC3(O)CCN(C(=O)c4ccccc4)CC3)c2c1. The molecule has 0 saturated carbocycles. The number of anilines is 1. The normalized spacial score (nSPS) is 15.7. The molecule has 31 heavy (non-hydrogen) atoms. The van der Waals surface area contributed by atoms with Gasteiger partial charge in [0.25, 0.3) is 5.91 Å². The highest BCUT2D eigenvalue weighted by Gasteiger charge is 2.35. The number of piperidine rings is 1. The molecule has 8 heteroatoms. The molecule has 2 heterocycles. The second-order valence-electron chi connectivity index (χ2n) is 7.94. The molecule has 0 radical (unpaired) electrons. The molecular weight excluding hydrogens is 396 g/mol. The minimum atomic E-state index is -0.957. The van der Waals surface area contributed by atoms with Crippen molar-refractivity contribution in [2.75, 3.05) is 32.1 Å². The van der Waals surface area contributed by atoms with Crippen molar-refractivity contribution in [3.8, 4) is 0 Å². The van der Waals surface area contributed by atoms with E-state index in [4.69, 9.17) is 4.74 Å². The van der Waals surface area contributed by atoms with Gasteiger partial charge in [-0.2, -0.15) is 5.10 Å². The summed E-state index contributed by atoms with van der Waals surface area (Å²) in [5.41, 5.74) is 1.17. The van der Waals surface area contributed by atoms with Crippen LogP contribution < -0.4 is 5.32 Å². The fourth-order valence-electron chi connectivity index (χ4n) is 3.93. The maximum Gasteiger partial charge on any atom is 0.253 e. The van der Waals surface area contributed by atoms with Crippen molar-refractivity contribution >= 4 is 28.4 Å². The molecule has 1 aliphatic heterocycles. The second kappa shape index (κ2) is 8.87. The van der Waals surface area contributed by atoms with E-state index in [9.17, 15) is 14.7 Å². The Kier molecular flexibility index (Phi) is 6.01. The van der Waals surface area contributed by atoms with Crippen LogP contribution in [0.1, 0.15) is 23.2 Å². The molecule has 1 saturated heterocycles. The van der Waals surface area contributed by atoms with E-state index in [0.29, 0.717) is 43.7 Å². The Bertz CT molecular complexity index is 1070. The number of carbonyl (C=O) groups is 2. The molecule has 0 aliphatic carbocycles. The molecular formula is C23H26N4O4. The molecule has 2 N–H and O–H groups in total. The third-order valence-corrected chi connectivity index (χ3v) is 5.65. The topological polar surface area (TPSA) is 96.7 Å². The zero-order valence-electron chi connectivity index (χ0n) is 17.5. The predicted molar refractivity (Wildman–Crippen MR) is 117 cm³/mol. The van der Waals surface area contributed by atoms with Crippen molar-refractivity contribution in [1.29, 1.82) is 0 Å². The number of aliphatic hydroxyl groups is 1. The molecule has 162 valence electrons. The highest BCUT2D eigenvalue weighted by Crippen LogP contribution is 2.27. The van der Waals surface area contributed by atoms with Gasteiger partial charge in [0.2, 0.25) is 5.91 Å². The molecule has 2 aromatic carbocycles. The van der Waals surface area contributed by atoms with Crippen molar-refractivity contribution in [1.82, 2.24) is 14.7 Å². The van der Waals surface area contributed by atoms with E-state index in [1.54, 1.807) is 15.8 Å². The number of methoxy groups -OCH3 is 1. The van der Waals surface area contributed by atoms with Gasteiger partial charge in [0.1, 0.15) is 6.61 Å². The number of nitrogens with zero attached hydrogens (tertiary/aromatic N) is 3. The van der Waals surface area contributed by atoms with E-state index in [2.05, 4.69) is 10.4 Å². The van der Waals surface area contributed by atoms with Crippen LogP contribution in [-0.2, 0) is 16.1 Å². The average Bonchev–Trinajstić information content (AvgIpc) is 3.16. The first-order valence-corrected chi connectivity index (χ1v) is 10.3. The van der Waals surface area contributed by atoms with Crippen molar-refractivity contribution in [2.24, 2.45) is 0 Å². The monoisotopic (exact) mass is 422 g/mol. The molecule has 0 bridgehead atoms. The van der Waals surface area contributed by atoms with Gasteiger partial charge in [0, 0.05) is 36.8 Å². The Labute approximate surface area is 180 Å². The zero-order valence-corrected chi connectivity index (χ0v) is 17.5. The summed E-state index contributed by atoms with van der Waals surface area (Å²) >= 11 is 0. The zero-order chi connectivity index (χ0) is 21.8. The summed E-state index contributed by atoms with van der Waals surface area (Å²) < 4.78 is 6.61. The molecule has 2 amide bonds. The van der Waals surface area contributed by atoms with Gasteiger partial charge in [-0.1, -0.05) is 18.2 Å². The molecule has 0 spiro atoms. The van der Waals surface area contributed by atoms with Crippen molar-refractivity contribution in [3.63, 3.8) is 0 Å². The lowest BCUT2D eigenvalue weighted by molar-refractivity contribution is -0.119. The number of rotatable bonds is 6. The van der Waals surface area contributed by atoms with Crippen LogP contribution in [0, 0.1) is 0 Å². The number of benzene rings is 2. The Balaban J connectivity index is 1.44. The minimum Gasteiger partial charge on any atom is -0.388 e. The summed E-state index contributed by atoms with van der Waals surface area (Å²) in [5.74, 6) is -0.245. The molecule has 8 nitrogen and oxygen atoms in total. The van der Waals surface area contributed by atoms with E-state index >= 15 is 0 Å². The molecule has 3 aromatic rings. The molecule has 1 aliphatic rings. The number of carbonyl (C=O) groups excluding carboxylic acids is 2. The van der Waals surface area contributed by atoms with Gasteiger partial charge in [-0.25, -0.2) is 0 Å². The molecule has 0 unspecified atom stereocenters. The average molecular weight is 422 g/mol. The number of ether oxygens (including phenoxy) is 1. The van der Waals surface area contributed by atoms with Crippen molar-refractivity contribution < 1.29 is 19.4 Å². The third kappa shape index (κ3) is 4.76. The maximum atomic E-state index is 12.7. The lowest BCUT2D eigenvalue weighted by Crippen LogP contribution is -2.48. The van der Waals surface area contributed by atoms with Crippen LogP contribution in [0.2, 0.25) is 0 Å². The van der Waals surface area contributed by atoms with E-state index in [1.807, 2.05) is 48.5 Å². The number of amides is 2. The largest absolute Gasteiger partial charge is 0.388 e. The second-order valence-corrected chi connectivity index (χ2v) is 7.94. The van der Waals surface area contributed by atoms with E-state index in [1.165, 1.54) is 7.11 Å². The van der Waals surface area contributed by atoms with Crippen LogP contribution in [0.25, 0.3) is 10.9 Å². The summed E-state index contributed by atoms with van der Waals surface area (Å²) in [6, 6.07) is 14.7. The molecule has 1 fully saturated rings. The molecule has 0 atom stereocenters. The summed E-state index contributed by atoms with van der Waals surface area (Å²) in [5, 5.41) is 19.3. The number of fused-ring (bicyclic) bond motifs is 1. The van der Waals surface area contributed by atoms with Gasteiger partial charge in [0.15, 0.2) is 0 Å².